The first-order valence-electron chi connectivity index (χ1n) is 11.8. The molecule has 1 amide bonds. The van der Waals surface area contributed by atoms with E-state index in [0.717, 1.165) is 17.0 Å². The molecule has 0 unspecified atom stereocenters. The van der Waals surface area contributed by atoms with Crippen LogP contribution in [0.3, 0.4) is 0 Å². The number of piperazine rings is 1. The lowest BCUT2D eigenvalue weighted by Crippen LogP contribution is -2.47. The molecular weight excluding hydrogens is 453 g/mol. The average molecular weight is 481 g/mol. The Morgan fingerprint density at radius 3 is 2.23 bits per heavy atom. The second kappa shape index (κ2) is 8.91. The van der Waals surface area contributed by atoms with Gasteiger partial charge in [-0.1, -0.05) is 36.4 Å². The molecule has 0 bridgehead atoms. The van der Waals surface area contributed by atoms with Gasteiger partial charge in [0.05, 0.1) is 16.6 Å². The molecule has 0 spiro atoms. The van der Waals surface area contributed by atoms with Gasteiger partial charge in [-0.3, -0.25) is 4.79 Å². The van der Waals surface area contributed by atoms with Crippen LogP contribution in [0.5, 0.6) is 0 Å². The van der Waals surface area contributed by atoms with Crippen molar-refractivity contribution in [2.75, 3.05) is 36.0 Å². The zero-order valence-corrected chi connectivity index (χ0v) is 19.7. The first kappa shape index (κ1) is 23.2. The van der Waals surface area contributed by atoms with Gasteiger partial charge in [0.1, 0.15) is 5.82 Å². The topological polar surface area (TPSA) is 39.7 Å². The SMILES string of the molecule is C[C@@H]1C=C[C@@H](C)N1C(=O)c1cc(N2CCN(c3cccc(C(F)(F)F)c3)CC2)nc2ccccc12. The molecule has 0 N–H and O–H groups in total. The van der Waals surface area contributed by atoms with Crippen LogP contribution in [-0.4, -0.2) is 54.1 Å². The molecule has 1 saturated heterocycles. The molecule has 0 saturated carbocycles. The van der Waals surface area contributed by atoms with Crippen LogP contribution in [0.4, 0.5) is 24.7 Å². The minimum atomic E-state index is -4.37. The van der Waals surface area contributed by atoms with E-state index in [2.05, 4.69) is 4.90 Å². The number of fused-ring (bicyclic) bond motifs is 1. The smallest absolute Gasteiger partial charge is 0.368 e. The van der Waals surface area contributed by atoms with Crippen LogP contribution in [0.25, 0.3) is 10.9 Å². The van der Waals surface area contributed by atoms with E-state index in [9.17, 15) is 18.0 Å². The number of alkyl halides is 3. The molecule has 5 nitrogen and oxygen atoms in total. The summed E-state index contributed by atoms with van der Waals surface area (Å²) in [5.74, 6) is 0.681. The minimum Gasteiger partial charge on any atom is -0.368 e. The van der Waals surface area contributed by atoms with Crippen molar-refractivity contribution in [2.24, 2.45) is 0 Å². The maximum absolute atomic E-state index is 13.6. The molecule has 2 atom stereocenters. The molecule has 3 heterocycles. The number of halogens is 3. The summed E-state index contributed by atoms with van der Waals surface area (Å²) >= 11 is 0. The number of benzene rings is 2. The molecule has 2 aliphatic rings. The summed E-state index contributed by atoms with van der Waals surface area (Å²) in [5, 5.41) is 0.815. The summed E-state index contributed by atoms with van der Waals surface area (Å²) in [6.07, 6.45) is -0.282. The van der Waals surface area contributed by atoms with Gasteiger partial charge < -0.3 is 14.7 Å². The number of hydrogen-bond acceptors (Lipinski definition) is 4. The second-order valence-corrected chi connectivity index (χ2v) is 9.15. The quantitative estimate of drug-likeness (QED) is 0.473. The monoisotopic (exact) mass is 480 g/mol. The van der Waals surface area contributed by atoms with E-state index < -0.39 is 11.7 Å². The predicted molar refractivity (Wildman–Crippen MR) is 132 cm³/mol. The van der Waals surface area contributed by atoms with Gasteiger partial charge in [-0.05, 0) is 44.2 Å². The van der Waals surface area contributed by atoms with Gasteiger partial charge in [0, 0.05) is 49.3 Å². The van der Waals surface area contributed by atoms with E-state index in [0.29, 0.717) is 43.2 Å². The Morgan fingerprint density at radius 2 is 1.54 bits per heavy atom. The molecule has 1 fully saturated rings. The lowest BCUT2D eigenvalue weighted by molar-refractivity contribution is -0.137. The van der Waals surface area contributed by atoms with Crippen LogP contribution in [0.15, 0.2) is 66.7 Å². The molecule has 0 aliphatic carbocycles. The van der Waals surface area contributed by atoms with Crippen molar-refractivity contribution < 1.29 is 18.0 Å². The lowest BCUT2D eigenvalue weighted by atomic mass is 10.1. The van der Waals surface area contributed by atoms with Gasteiger partial charge in [0.25, 0.3) is 5.91 Å². The number of amides is 1. The third-order valence-corrected chi connectivity index (χ3v) is 6.86. The van der Waals surface area contributed by atoms with Crippen molar-refractivity contribution in [2.45, 2.75) is 32.1 Å². The van der Waals surface area contributed by atoms with Crippen molar-refractivity contribution in [1.82, 2.24) is 9.88 Å². The Balaban J connectivity index is 1.40. The van der Waals surface area contributed by atoms with E-state index >= 15 is 0 Å². The molecule has 0 radical (unpaired) electrons. The predicted octanol–water partition coefficient (Wildman–Crippen LogP) is 5.37. The van der Waals surface area contributed by atoms with Gasteiger partial charge >= 0.3 is 6.18 Å². The highest BCUT2D eigenvalue weighted by molar-refractivity contribution is 6.07. The molecule has 35 heavy (non-hydrogen) atoms. The Labute approximate surface area is 202 Å². The normalized spacial score (nSPS) is 20.7. The van der Waals surface area contributed by atoms with Gasteiger partial charge in [0.2, 0.25) is 0 Å². The Bertz CT molecular complexity index is 1270. The van der Waals surface area contributed by atoms with Crippen LogP contribution in [0, 0.1) is 0 Å². The number of rotatable bonds is 3. The molecule has 8 heteroatoms. The summed E-state index contributed by atoms with van der Waals surface area (Å²) in [7, 11) is 0. The highest BCUT2D eigenvalue weighted by Crippen LogP contribution is 2.33. The third-order valence-electron chi connectivity index (χ3n) is 6.86. The molecule has 2 aliphatic heterocycles. The standard InChI is InChI=1S/C27H27F3N4O/c1-18-10-11-19(2)34(18)26(35)23-17-25(31-24-9-4-3-8-22(23)24)33-14-12-32(13-15-33)21-7-5-6-20(16-21)27(28,29)30/h3-11,16-19H,12-15H2,1-2H3/t18-,19-/m1/s1. The van der Waals surface area contributed by atoms with Gasteiger partial charge in [0.15, 0.2) is 0 Å². The zero-order valence-electron chi connectivity index (χ0n) is 19.7. The fourth-order valence-electron chi connectivity index (χ4n) is 4.96. The number of aromatic nitrogens is 1. The summed E-state index contributed by atoms with van der Waals surface area (Å²) in [4.78, 5) is 24.4. The second-order valence-electron chi connectivity index (χ2n) is 9.15. The fourth-order valence-corrected chi connectivity index (χ4v) is 4.96. The number of carbonyl (C=O) groups excluding carboxylic acids is 1. The van der Waals surface area contributed by atoms with E-state index in [1.807, 2.05) is 66.1 Å². The first-order chi connectivity index (χ1) is 16.7. The number of hydrogen-bond donors (Lipinski definition) is 0. The maximum atomic E-state index is 13.6. The number of anilines is 2. The largest absolute Gasteiger partial charge is 0.416 e. The number of carbonyl (C=O) groups is 1. The number of pyridine rings is 1. The molecule has 3 aromatic rings. The van der Waals surface area contributed by atoms with Crippen LogP contribution in [0.2, 0.25) is 0 Å². The zero-order chi connectivity index (χ0) is 24.7. The molecule has 182 valence electrons. The van der Waals surface area contributed by atoms with Crippen LogP contribution in [-0.2, 0) is 6.18 Å². The summed E-state index contributed by atoms with van der Waals surface area (Å²) < 4.78 is 39.4. The van der Waals surface area contributed by atoms with Crippen molar-refractivity contribution in [3.63, 3.8) is 0 Å². The Morgan fingerprint density at radius 1 is 0.886 bits per heavy atom. The lowest BCUT2D eigenvalue weighted by Gasteiger charge is -2.37. The van der Waals surface area contributed by atoms with E-state index in [4.69, 9.17) is 4.98 Å². The highest BCUT2D eigenvalue weighted by Gasteiger charge is 2.32. The van der Waals surface area contributed by atoms with Crippen LogP contribution < -0.4 is 9.80 Å². The van der Waals surface area contributed by atoms with Crippen molar-refractivity contribution in [3.8, 4) is 0 Å². The molecule has 2 aromatic carbocycles. The fraction of sp³-hybridized carbons (Fsp3) is 0.333. The Hall–Kier alpha value is -3.55. The highest BCUT2D eigenvalue weighted by atomic mass is 19.4. The van der Waals surface area contributed by atoms with Gasteiger partial charge in [-0.2, -0.15) is 13.2 Å². The van der Waals surface area contributed by atoms with Crippen LogP contribution >= 0.6 is 0 Å². The van der Waals surface area contributed by atoms with E-state index in [1.165, 1.54) is 12.1 Å². The van der Waals surface area contributed by atoms with E-state index in [1.54, 1.807) is 6.07 Å². The Kier molecular flexibility index (Phi) is 5.91. The van der Waals surface area contributed by atoms with Crippen molar-refractivity contribution >= 4 is 28.3 Å². The average Bonchev–Trinajstić information content (AvgIpc) is 3.20. The molecular formula is C27H27F3N4O. The van der Waals surface area contributed by atoms with Crippen LogP contribution in [0.1, 0.15) is 29.8 Å². The maximum Gasteiger partial charge on any atom is 0.416 e. The van der Waals surface area contributed by atoms with E-state index in [-0.39, 0.29) is 18.0 Å². The summed E-state index contributed by atoms with van der Waals surface area (Å²) in [6, 6.07) is 15.0. The van der Waals surface area contributed by atoms with Crippen molar-refractivity contribution in [3.05, 3.63) is 77.9 Å². The third kappa shape index (κ3) is 4.45. The minimum absolute atomic E-state index is 0.0175. The number of para-hydroxylation sites is 1. The molecule has 5 rings (SSSR count). The van der Waals surface area contributed by atoms with Crippen molar-refractivity contribution in [1.29, 1.82) is 0 Å². The van der Waals surface area contributed by atoms with Gasteiger partial charge in [-0.15, -0.1) is 0 Å². The number of nitrogens with zero attached hydrogens (tertiary/aromatic N) is 4. The summed E-state index contributed by atoms with van der Waals surface area (Å²) in [5.41, 5.74) is 1.29. The molecule has 1 aromatic heterocycles. The van der Waals surface area contributed by atoms with Gasteiger partial charge in [-0.25, -0.2) is 4.98 Å². The first-order valence-corrected chi connectivity index (χ1v) is 11.8. The summed E-state index contributed by atoms with van der Waals surface area (Å²) in [6.45, 7) is 6.32.